The maximum Gasteiger partial charge on any atom is 0.189 e. The monoisotopic (exact) mass is 511 g/mol. The highest BCUT2D eigenvalue weighted by Gasteiger charge is 2.04. The number of nitrogens with zero attached hydrogens (tertiary/aromatic N) is 1. The molecule has 5 nitrogen and oxygen atoms in total. The Kier molecular flexibility index (Phi) is 8.71. The third kappa shape index (κ3) is 6.19. The molecule has 0 atom stereocenters. The number of hydrogen-bond donors (Lipinski definition) is 2. The Labute approximate surface area is 165 Å². The van der Waals surface area contributed by atoms with Crippen molar-refractivity contribution in [3.63, 3.8) is 0 Å². The number of nitrogens with two attached hydrogens (primary N) is 1. The Morgan fingerprint density at radius 3 is 2.57 bits per heavy atom. The third-order valence-corrected chi connectivity index (χ3v) is 4.58. The van der Waals surface area contributed by atoms with Crippen LogP contribution >= 0.6 is 51.2 Å². The smallest absolute Gasteiger partial charge is 0.189 e. The first kappa shape index (κ1) is 20.0. The van der Waals surface area contributed by atoms with E-state index >= 15 is 0 Å². The summed E-state index contributed by atoms with van der Waals surface area (Å²) in [5, 5.41) is 3.10. The number of guanidine groups is 1. The molecular formula is C15H19BrIN3O2S. The molecule has 0 saturated heterocycles. The molecule has 8 heteroatoms. The highest BCUT2D eigenvalue weighted by Crippen LogP contribution is 2.27. The molecule has 0 aliphatic rings. The van der Waals surface area contributed by atoms with Crippen molar-refractivity contribution in [2.24, 2.45) is 10.7 Å². The molecule has 0 spiro atoms. The summed E-state index contributed by atoms with van der Waals surface area (Å²) in [5.74, 6) is 1.80. The van der Waals surface area contributed by atoms with Gasteiger partial charge in [-0.2, -0.15) is 0 Å². The van der Waals surface area contributed by atoms with E-state index < -0.39 is 0 Å². The van der Waals surface area contributed by atoms with Gasteiger partial charge in [0.15, 0.2) is 17.5 Å². The Morgan fingerprint density at radius 2 is 1.96 bits per heavy atom. The van der Waals surface area contributed by atoms with Crippen molar-refractivity contribution in [3.05, 3.63) is 44.6 Å². The van der Waals surface area contributed by atoms with Gasteiger partial charge in [0, 0.05) is 4.88 Å². The fourth-order valence-corrected chi connectivity index (χ4v) is 3.26. The van der Waals surface area contributed by atoms with E-state index in [1.54, 1.807) is 25.6 Å². The Hall–Kier alpha value is -1.000. The maximum atomic E-state index is 5.88. The van der Waals surface area contributed by atoms with Crippen LogP contribution in [0.4, 0.5) is 0 Å². The number of halogens is 2. The van der Waals surface area contributed by atoms with Crippen LogP contribution in [0.5, 0.6) is 11.5 Å². The molecule has 0 bridgehead atoms. The largest absolute Gasteiger partial charge is 0.493 e. The molecule has 0 fully saturated rings. The molecule has 1 aromatic heterocycles. The number of rotatable bonds is 6. The van der Waals surface area contributed by atoms with Crippen LogP contribution in [0.2, 0.25) is 0 Å². The third-order valence-electron chi connectivity index (χ3n) is 2.95. The first-order chi connectivity index (χ1) is 10.6. The fraction of sp³-hybridized carbons (Fsp3) is 0.267. The van der Waals surface area contributed by atoms with Crippen LogP contribution < -0.4 is 20.5 Å². The molecule has 0 amide bonds. The van der Waals surface area contributed by atoms with Gasteiger partial charge in [0.2, 0.25) is 0 Å². The lowest BCUT2D eigenvalue weighted by molar-refractivity contribution is 0.354. The molecule has 3 N–H and O–H groups in total. The van der Waals surface area contributed by atoms with E-state index in [1.165, 1.54) is 4.88 Å². The standard InChI is InChI=1S/C15H18BrN3O2S.HI/c1-20-12-5-3-10(7-13(12)21-2)8-18-15(17)19-9-11-4-6-14(16)22-11;/h3-7H,8-9H2,1-2H3,(H3,17,18,19);1H. The van der Waals surface area contributed by atoms with E-state index in [2.05, 4.69) is 26.2 Å². The number of methoxy groups -OCH3 is 2. The van der Waals surface area contributed by atoms with Crippen LogP contribution in [0, 0.1) is 0 Å². The summed E-state index contributed by atoms with van der Waals surface area (Å²) in [6.45, 7) is 1.14. The van der Waals surface area contributed by atoms with Gasteiger partial charge >= 0.3 is 0 Å². The van der Waals surface area contributed by atoms with Crippen LogP contribution in [-0.2, 0) is 13.1 Å². The molecular weight excluding hydrogens is 493 g/mol. The summed E-state index contributed by atoms with van der Waals surface area (Å²) in [5.41, 5.74) is 6.88. The van der Waals surface area contributed by atoms with E-state index in [4.69, 9.17) is 15.2 Å². The molecule has 2 rings (SSSR count). The molecule has 0 aliphatic carbocycles. The second kappa shape index (κ2) is 9.99. The number of nitrogens with one attached hydrogen (secondary N) is 1. The van der Waals surface area contributed by atoms with Crippen molar-refractivity contribution in [1.82, 2.24) is 5.32 Å². The molecule has 2 aromatic rings. The summed E-state index contributed by atoms with van der Waals surface area (Å²) >= 11 is 5.10. The Balaban J connectivity index is 0.00000264. The van der Waals surface area contributed by atoms with Crippen LogP contribution in [0.15, 0.2) is 39.1 Å². The predicted octanol–water partition coefficient (Wildman–Crippen LogP) is 3.75. The minimum Gasteiger partial charge on any atom is -0.493 e. The molecule has 0 radical (unpaired) electrons. The summed E-state index contributed by atoms with van der Waals surface area (Å²) in [7, 11) is 3.22. The summed E-state index contributed by atoms with van der Waals surface area (Å²) in [6.07, 6.45) is 0. The molecule has 0 aliphatic heterocycles. The van der Waals surface area contributed by atoms with Crippen molar-refractivity contribution in [3.8, 4) is 11.5 Å². The second-order valence-electron chi connectivity index (χ2n) is 4.45. The zero-order chi connectivity index (χ0) is 15.9. The van der Waals surface area contributed by atoms with E-state index in [-0.39, 0.29) is 24.0 Å². The van der Waals surface area contributed by atoms with Crippen LogP contribution in [0.1, 0.15) is 10.4 Å². The van der Waals surface area contributed by atoms with Crippen molar-refractivity contribution in [1.29, 1.82) is 0 Å². The number of hydrogen-bond acceptors (Lipinski definition) is 4. The van der Waals surface area contributed by atoms with Crippen LogP contribution in [0.3, 0.4) is 0 Å². The first-order valence-corrected chi connectivity index (χ1v) is 8.22. The number of benzene rings is 1. The Bertz CT molecular complexity index is 664. The fourth-order valence-electron chi connectivity index (χ4n) is 1.84. The highest BCUT2D eigenvalue weighted by atomic mass is 127. The van der Waals surface area contributed by atoms with Gasteiger partial charge in [-0.15, -0.1) is 35.3 Å². The average Bonchev–Trinajstić information content (AvgIpc) is 2.96. The minimum absolute atomic E-state index is 0. The summed E-state index contributed by atoms with van der Waals surface area (Å²) in [6, 6.07) is 9.75. The van der Waals surface area contributed by atoms with Gasteiger partial charge in [0.25, 0.3) is 0 Å². The summed E-state index contributed by atoms with van der Waals surface area (Å²) in [4.78, 5) is 5.52. The lowest BCUT2D eigenvalue weighted by Gasteiger charge is -2.09. The van der Waals surface area contributed by atoms with Gasteiger partial charge < -0.3 is 20.5 Å². The highest BCUT2D eigenvalue weighted by molar-refractivity contribution is 14.0. The number of aliphatic imine (C=N–C) groups is 1. The lowest BCUT2D eigenvalue weighted by Crippen LogP contribution is -2.30. The van der Waals surface area contributed by atoms with Gasteiger partial charge in [-0.1, -0.05) is 6.07 Å². The zero-order valence-corrected chi connectivity index (χ0v) is 17.6. The van der Waals surface area contributed by atoms with Crippen molar-refractivity contribution >= 4 is 57.2 Å². The van der Waals surface area contributed by atoms with Gasteiger partial charge in [-0.3, -0.25) is 0 Å². The van der Waals surface area contributed by atoms with E-state index in [0.717, 1.165) is 9.35 Å². The Morgan fingerprint density at radius 1 is 1.22 bits per heavy atom. The SMILES string of the molecule is COc1ccc(CN=C(N)NCc2ccc(Br)s2)cc1OC.I. The number of ether oxygens (including phenoxy) is 2. The van der Waals surface area contributed by atoms with E-state index in [1.807, 2.05) is 30.3 Å². The van der Waals surface area contributed by atoms with Gasteiger partial charge in [-0.25, -0.2) is 4.99 Å². The normalized spacial score (nSPS) is 10.8. The van der Waals surface area contributed by atoms with Crippen molar-refractivity contribution < 1.29 is 9.47 Å². The molecule has 0 unspecified atom stereocenters. The van der Waals surface area contributed by atoms with E-state index in [9.17, 15) is 0 Å². The molecule has 0 saturated carbocycles. The molecule has 1 heterocycles. The predicted molar refractivity (Wildman–Crippen MR) is 109 cm³/mol. The minimum atomic E-state index is 0. The van der Waals surface area contributed by atoms with Crippen LogP contribution in [-0.4, -0.2) is 20.2 Å². The van der Waals surface area contributed by atoms with Crippen LogP contribution in [0.25, 0.3) is 0 Å². The first-order valence-electron chi connectivity index (χ1n) is 6.61. The van der Waals surface area contributed by atoms with Gasteiger partial charge in [0.05, 0.1) is 31.1 Å². The molecule has 1 aromatic carbocycles. The molecule has 126 valence electrons. The van der Waals surface area contributed by atoms with E-state index in [0.29, 0.717) is 30.5 Å². The topological polar surface area (TPSA) is 68.9 Å². The van der Waals surface area contributed by atoms with Crippen molar-refractivity contribution in [2.75, 3.05) is 14.2 Å². The molecule has 23 heavy (non-hydrogen) atoms. The number of thiophene rings is 1. The van der Waals surface area contributed by atoms with Crippen molar-refractivity contribution in [2.45, 2.75) is 13.1 Å². The zero-order valence-electron chi connectivity index (χ0n) is 12.8. The van der Waals surface area contributed by atoms with Gasteiger partial charge in [0.1, 0.15) is 0 Å². The quantitative estimate of drug-likeness (QED) is 0.352. The lowest BCUT2D eigenvalue weighted by atomic mass is 10.2. The average molecular weight is 512 g/mol. The second-order valence-corrected chi connectivity index (χ2v) is 7.00. The van der Waals surface area contributed by atoms with Gasteiger partial charge in [-0.05, 0) is 45.8 Å². The summed E-state index contributed by atoms with van der Waals surface area (Å²) < 4.78 is 11.6. The maximum absolute atomic E-state index is 5.88.